The summed E-state index contributed by atoms with van der Waals surface area (Å²) in [5, 5.41) is 14.5. The highest BCUT2D eigenvalue weighted by Gasteiger charge is 2.08. The highest BCUT2D eigenvalue weighted by molar-refractivity contribution is 5.81. The highest BCUT2D eigenvalue weighted by Crippen LogP contribution is 2.30. The van der Waals surface area contributed by atoms with Crippen LogP contribution in [0, 0.1) is 6.92 Å². The van der Waals surface area contributed by atoms with Gasteiger partial charge in [-0.15, -0.1) is 0 Å². The van der Waals surface area contributed by atoms with Crippen LogP contribution in [-0.2, 0) is 6.54 Å². The molecule has 0 bridgehead atoms. The lowest BCUT2D eigenvalue weighted by Crippen LogP contribution is -2.04. The summed E-state index contributed by atoms with van der Waals surface area (Å²) in [6.07, 6.45) is 0. The van der Waals surface area contributed by atoms with Crippen molar-refractivity contribution < 1.29 is 9.84 Å². The standard InChI is InChI=1S/C18H18N2O2/c1-12-10-13-6-3-4-8-15(13)20-18(12)19-11-14-7-5-9-16(22-2)17(14)21/h3-10,21H,11H2,1-2H3,(H,19,20). The number of hydrogen-bond acceptors (Lipinski definition) is 4. The Kier molecular flexibility index (Phi) is 3.83. The molecule has 4 heteroatoms. The summed E-state index contributed by atoms with van der Waals surface area (Å²) in [5.41, 5.74) is 2.79. The fraction of sp³-hybridized carbons (Fsp3) is 0.167. The molecule has 112 valence electrons. The first kappa shape index (κ1) is 14.2. The SMILES string of the molecule is COc1cccc(CNc2nc3ccccc3cc2C)c1O. The Bertz CT molecular complexity index is 815. The van der Waals surface area contributed by atoms with Crippen LogP contribution in [0.25, 0.3) is 10.9 Å². The Labute approximate surface area is 129 Å². The number of aromatic hydroxyl groups is 1. The zero-order chi connectivity index (χ0) is 15.5. The molecule has 22 heavy (non-hydrogen) atoms. The minimum atomic E-state index is 0.163. The van der Waals surface area contributed by atoms with E-state index in [0.717, 1.165) is 27.8 Å². The number of nitrogens with zero attached hydrogens (tertiary/aromatic N) is 1. The Morgan fingerprint density at radius 1 is 1.14 bits per heavy atom. The van der Waals surface area contributed by atoms with E-state index in [1.807, 2.05) is 43.3 Å². The van der Waals surface area contributed by atoms with E-state index in [4.69, 9.17) is 4.74 Å². The third-order valence-corrected chi connectivity index (χ3v) is 3.66. The van der Waals surface area contributed by atoms with Gasteiger partial charge in [0.2, 0.25) is 0 Å². The minimum absolute atomic E-state index is 0.163. The van der Waals surface area contributed by atoms with E-state index in [1.54, 1.807) is 13.2 Å². The van der Waals surface area contributed by atoms with Crippen LogP contribution in [0.15, 0.2) is 48.5 Å². The van der Waals surface area contributed by atoms with E-state index in [2.05, 4.69) is 16.4 Å². The molecule has 0 spiro atoms. The lowest BCUT2D eigenvalue weighted by atomic mass is 10.1. The summed E-state index contributed by atoms with van der Waals surface area (Å²) < 4.78 is 5.13. The molecule has 0 aliphatic carbocycles. The summed E-state index contributed by atoms with van der Waals surface area (Å²) in [5.74, 6) is 1.46. The number of ether oxygens (including phenoxy) is 1. The second-order valence-corrected chi connectivity index (χ2v) is 5.17. The number of phenolic OH excluding ortho intramolecular Hbond substituents is 1. The van der Waals surface area contributed by atoms with E-state index >= 15 is 0 Å². The van der Waals surface area contributed by atoms with Gasteiger partial charge in [-0.25, -0.2) is 4.98 Å². The van der Waals surface area contributed by atoms with E-state index < -0.39 is 0 Å². The van der Waals surface area contributed by atoms with Crippen molar-refractivity contribution in [3.63, 3.8) is 0 Å². The van der Waals surface area contributed by atoms with Gasteiger partial charge in [0.05, 0.1) is 12.6 Å². The van der Waals surface area contributed by atoms with Gasteiger partial charge in [0, 0.05) is 17.5 Å². The monoisotopic (exact) mass is 294 g/mol. The number of hydrogen-bond donors (Lipinski definition) is 2. The Hall–Kier alpha value is -2.75. The molecule has 2 N–H and O–H groups in total. The molecule has 0 atom stereocenters. The normalized spacial score (nSPS) is 10.6. The molecule has 0 aliphatic heterocycles. The van der Waals surface area contributed by atoms with Gasteiger partial charge < -0.3 is 15.2 Å². The number of aromatic nitrogens is 1. The van der Waals surface area contributed by atoms with Gasteiger partial charge in [-0.1, -0.05) is 30.3 Å². The summed E-state index contributed by atoms with van der Waals surface area (Å²) in [4.78, 5) is 4.64. The van der Waals surface area contributed by atoms with Gasteiger partial charge in [-0.05, 0) is 30.7 Å². The van der Waals surface area contributed by atoms with Crippen LogP contribution >= 0.6 is 0 Å². The summed E-state index contributed by atoms with van der Waals surface area (Å²) >= 11 is 0. The Morgan fingerprint density at radius 2 is 1.95 bits per heavy atom. The van der Waals surface area contributed by atoms with Crippen molar-refractivity contribution in [1.82, 2.24) is 4.98 Å². The molecule has 0 saturated carbocycles. The van der Waals surface area contributed by atoms with Crippen molar-refractivity contribution in [2.24, 2.45) is 0 Å². The first-order valence-electron chi connectivity index (χ1n) is 7.14. The maximum Gasteiger partial charge on any atom is 0.162 e. The van der Waals surface area contributed by atoms with E-state index in [0.29, 0.717) is 12.3 Å². The number of para-hydroxylation sites is 2. The Balaban J connectivity index is 1.86. The van der Waals surface area contributed by atoms with Crippen LogP contribution in [0.5, 0.6) is 11.5 Å². The van der Waals surface area contributed by atoms with Gasteiger partial charge in [0.15, 0.2) is 11.5 Å². The molecule has 0 amide bonds. The predicted molar refractivity (Wildman–Crippen MR) is 88.5 cm³/mol. The number of aryl methyl sites for hydroxylation is 1. The van der Waals surface area contributed by atoms with Crippen molar-refractivity contribution in [3.8, 4) is 11.5 Å². The van der Waals surface area contributed by atoms with Crippen molar-refractivity contribution in [2.45, 2.75) is 13.5 Å². The van der Waals surface area contributed by atoms with Crippen LogP contribution in [0.1, 0.15) is 11.1 Å². The third-order valence-electron chi connectivity index (χ3n) is 3.66. The van der Waals surface area contributed by atoms with Crippen LogP contribution in [0.3, 0.4) is 0 Å². The quantitative estimate of drug-likeness (QED) is 0.767. The van der Waals surface area contributed by atoms with E-state index in [9.17, 15) is 5.11 Å². The molecule has 3 aromatic rings. The summed E-state index contributed by atoms with van der Waals surface area (Å²) in [6.45, 7) is 2.50. The number of benzene rings is 2. The molecule has 0 unspecified atom stereocenters. The number of rotatable bonds is 4. The molecular formula is C18H18N2O2. The van der Waals surface area contributed by atoms with Gasteiger partial charge in [-0.3, -0.25) is 0 Å². The molecule has 2 aromatic carbocycles. The molecule has 3 rings (SSSR count). The number of phenols is 1. The molecule has 0 saturated heterocycles. The highest BCUT2D eigenvalue weighted by atomic mass is 16.5. The van der Waals surface area contributed by atoms with Crippen LogP contribution < -0.4 is 10.1 Å². The van der Waals surface area contributed by atoms with Gasteiger partial charge in [0.25, 0.3) is 0 Å². The largest absolute Gasteiger partial charge is 0.504 e. The number of fused-ring (bicyclic) bond motifs is 1. The van der Waals surface area contributed by atoms with Crippen molar-refractivity contribution >= 4 is 16.7 Å². The number of methoxy groups -OCH3 is 1. The maximum atomic E-state index is 10.1. The van der Waals surface area contributed by atoms with Crippen molar-refractivity contribution in [1.29, 1.82) is 0 Å². The molecule has 0 fully saturated rings. The second-order valence-electron chi connectivity index (χ2n) is 5.17. The third kappa shape index (κ3) is 2.68. The van der Waals surface area contributed by atoms with Crippen molar-refractivity contribution in [3.05, 3.63) is 59.7 Å². The number of nitrogens with one attached hydrogen (secondary N) is 1. The van der Waals surface area contributed by atoms with Gasteiger partial charge in [-0.2, -0.15) is 0 Å². The fourth-order valence-corrected chi connectivity index (χ4v) is 2.45. The predicted octanol–water partition coefficient (Wildman–Crippen LogP) is 3.87. The maximum absolute atomic E-state index is 10.1. The topological polar surface area (TPSA) is 54.4 Å². The summed E-state index contributed by atoms with van der Waals surface area (Å²) in [7, 11) is 1.54. The first-order chi connectivity index (χ1) is 10.7. The van der Waals surface area contributed by atoms with E-state index in [1.165, 1.54) is 0 Å². The smallest absolute Gasteiger partial charge is 0.162 e. The van der Waals surface area contributed by atoms with Crippen molar-refractivity contribution in [2.75, 3.05) is 12.4 Å². The molecule has 1 heterocycles. The molecule has 0 radical (unpaired) electrons. The second kappa shape index (κ2) is 5.93. The average molecular weight is 294 g/mol. The number of anilines is 1. The van der Waals surface area contributed by atoms with Gasteiger partial charge in [0.1, 0.15) is 5.82 Å². The molecule has 4 nitrogen and oxygen atoms in total. The molecule has 1 aromatic heterocycles. The zero-order valence-corrected chi connectivity index (χ0v) is 12.6. The first-order valence-corrected chi connectivity index (χ1v) is 7.14. The summed E-state index contributed by atoms with van der Waals surface area (Å²) in [6, 6.07) is 15.6. The lowest BCUT2D eigenvalue weighted by molar-refractivity contribution is 0.371. The molecule has 0 aliphatic rings. The zero-order valence-electron chi connectivity index (χ0n) is 12.6. The van der Waals surface area contributed by atoms with E-state index in [-0.39, 0.29) is 5.75 Å². The Morgan fingerprint density at radius 3 is 2.77 bits per heavy atom. The average Bonchev–Trinajstić information content (AvgIpc) is 2.54. The van der Waals surface area contributed by atoms with Crippen LogP contribution in [-0.4, -0.2) is 17.2 Å². The van der Waals surface area contributed by atoms with Crippen LogP contribution in [0.2, 0.25) is 0 Å². The van der Waals surface area contributed by atoms with Gasteiger partial charge >= 0.3 is 0 Å². The molecular weight excluding hydrogens is 276 g/mol. The minimum Gasteiger partial charge on any atom is -0.504 e. The lowest BCUT2D eigenvalue weighted by Gasteiger charge is -2.12. The number of pyridine rings is 1. The fourth-order valence-electron chi connectivity index (χ4n) is 2.45. The van der Waals surface area contributed by atoms with Crippen LogP contribution in [0.4, 0.5) is 5.82 Å².